The van der Waals surface area contributed by atoms with Gasteiger partial charge in [-0.2, -0.15) is 0 Å². The van der Waals surface area contributed by atoms with Gasteiger partial charge in [0.25, 0.3) is 0 Å². The van der Waals surface area contributed by atoms with Crippen molar-refractivity contribution in [1.29, 1.82) is 0 Å². The fraction of sp³-hybridized carbons (Fsp3) is 0.571. The molecule has 1 N–H and O–H groups in total. The molecule has 17 heavy (non-hydrogen) atoms. The maximum atomic E-state index is 5.40. The van der Waals surface area contributed by atoms with E-state index in [1.165, 1.54) is 36.3 Å². The second-order valence-corrected chi connectivity index (χ2v) is 5.40. The van der Waals surface area contributed by atoms with Crippen molar-refractivity contribution in [3.63, 3.8) is 0 Å². The molecule has 0 spiro atoms. The summed E-state index contributed by atoms with van der Waals surface area (Å²) in [4.78, 5) is 1.33. The molecule has 0 saturated heterocycles. The number of anilines is 1. The molecule has 0 atom stereocenters. The Balaban J connectivity index is 1.93. The van der Waals surface area contributed by atoms with Crippen LogP contribution in [0.15, 0.2) is 29.2 Å². The first-order chi connectivity index (χ1) is 8.33. The third-order valence-corrected chi connectivity index (χ3v) is 4.27. The molecular formula is C14H21NOS. The second-order valence-electron chi connectivity index (χ2n) is 4.55. The van der Waals surface area contributed by atoms with Crippen molar-refractivity contribution >= 4 is 17.4 Å². The number of hydrogen-bond acceptors (Lipinski definition) is 3. The topological polar surface area (TPSA) is 21.3 Å². The number of nitrogens with one attached hydrogen (secondary N) is 1. The lowest BCUT2D eigenvalue weighted by molar-refractivity contribution is 0.0681. The van der Waals surface area contributed by atoms with Crippen molar-refractivity contribution < 1.29 is 4.74 Å². The lowest BCUT2D eigenvalue weighted by atomic mass is 9.93. The second kappa shape index (κ2) is 6.31. The van der Waals surface area contributed by atoms with Gasteiger partial charge in [0.1, 0.15) is 0 Å². The quantitative estimate of drug-likeness (QED) is 0.823. The van der Waals surface area contributed by atoms with E-state index in [2.05, 4.69) is 35.8 Å². The summed E-state index contributed by atoms with van der Waals surface area (Å²) in [5, 5.41) is 3.67. The standard InChI is InChI=1S/C14H21NOS/c1-16-12-9-7-11(8-10-12)15-13-5-3-4-6-14(13)17-2/h3-6,11-12,15H,7-10H2,1-2H3. The predicted octanol–water partition coefficient (Wildman–Crippen LogP) is 3.78. The van der Waals surface area contributed by atoms with Crippen molar-refractivity contribution in [3.8, 4) is 0 Å². The van der Waals surface area contributed by atoms with Crippen LogP contribution in [-0.4, -0.2) is 25.5 Å². The van der Waals surface area contributed by atoms with E-state index in [4.69, 9.17) is 4.74 Å². The lowest BCUT2D eigenvalue weighted by Crippen LogP contribution is -2.29. The van der Waals surface area contributed by atoms with Crippen LogP contribution in [0.5, 0.6) is 0 Å². The summed E-state index contributed by atoms with van der Waals surface area (Å²) in [6, 6.07) is 9.15. The molecule has 0 aliphatic heterocycles. The number of methoxy groups -OCH3 is 1. The van der Waals surface area contributed by atoms with Gasteiger partial charge < -0.3 is 10.1 Å². The molecule has 1 aromatic rings. The molecule has 0 radical (unpaired) electrons. The first-order valence-electron chi connectivity index (χ1n) is 6.26. The summed E-state index contributed by atoms with van der Waals surface area (Å²) in [6.45, 7) is 0. The molecule has 3 heteroatoms. The van der Waals surface area contributed by atoms with E-state index >= 15 is 0 Å². The normalized spacial score (nSPS) is 24.6. The Morgan fingerprint density at radius 1 is 1.18 bits per heavy atom. The number of rotatable bonds is 4. The van der Waals surface area contributed by atoms with E-state index in [0.29, 0.717) is 12.1 Å². The average molecular weight is 251 g/mol. The highest BCUT2D eigenvalue weighted by Crippen LogP contribution is 2.29. The van der Waals surface area contributed by atoms with Crippen LogP contribution >= 0.6 is 11.8 Å². The van der Waals surface area contributed by atoms with Crippen LogP contribution in [0.1, 0.15) is 25.7 Å². The van der Waals surface area contributed by atoms with Crippen LogP contribution in [0.4, 0.5) is 5.69 Å². The van der Waals surface area contributed by atoms with Gasteiger partial charge in [0.15, 0.2) is 0 Å². The van der Waals surface area contributed by atoms with Gasteiger partial charge in [-0.25, -0.2) is 0 Å². The molecular weight excluding hydrogens is 230 g/mol. The van der Waals surface area contributed by atoms with E-state index in [1.807, 2.05) is 7.11 Å². The summed E-state index contributed by atoms with van der Waals surface area (Å²) >= 11 is 1.80. The van der Waals surface area contributed by atoms with Gasteiger partial charge in [-0.05, 0) is 44.1 Å². The van der Waals surface area contributed by atoms with Gasteiger partial charge in [0.05, 0.1) is 6.10 Å². The summed E-state index contributed by atoms with van der Waals surface area (Å²) in [5.74, 6) is 0. The lowest BCUT2D eigenvalue weighted by Gasteiger charge is -2.29. The molecule has 0 bridgehead atoms. The molecule has 0 aromatic heterocycles. The van der Waals surface area contributed by atoms with Gasteiger partial charge in [-0.15, -0.1) is 11.8 Å². The third kappa shape index (κ3) is 3.39. The Labute approximate surface area is 108 Å². The highest BCUT2D eigenvalue weighted by atomic mass is 32.2. The molecule has 1 aliphatic carbocycles. The first kappa shape index (κ1) is 12.8. The smallest absolute Gasteiger partial charge is 0.0572 e. The first-order valence-corrected chi connectivity index (χ1v) is 7.48. The van der Waals surface area contributed by atoms with Crippen LogP contribution in [0.25, 0.3) is 0 Å². The molecule has 0 amide bonds. The van der Waals surface area contributed by atoms with Crippen molar-refractivity contribution in [1.82, 2.24) is 0 Å². The fourth-order valence-electron chi connectivity index (χ4n) is 2.43. The third-order valence-electron chi connectivity index (χ3n) is 3.47. The Kier molecular flexibility index (Phi) is 4.75. The van der Waals surface area contributed by atoms with Crippen LogP contribution < -0.4 is 5.32 Å². The van der Waals surface area contributed by atoms with Crippen LogP contribution in [-0.2, 0) is 4.74 Å². The van der Waals surface area contributed by atoms with E-state index in [-0.39, 0.29) is 0 Å². The van der Waals surface area contributed by atoms with Gasteiger partial charge >= 0.3 is 0 Å². The molecule has 1 fully saturated rings. The van der Waals surface area contributed by atoms with Crippen molar-refractivity contribution in [2.24, 2.45) is 0 Å². The zero-order chi connectivity index (χ0) is 12.1. The average Bonchev–Trinajstić information content (AvgIpc) is 2.40. The maximum Gasteiger partial charge on any atom is 0.0572 e. The van der Waals surface area contributed by atoms with E-state index in [1.54, 1.807) is 11.8 Å². The Hall–Kier alpha value is -0.670. The van der Waals surface area contributed by atoms with Crippen LogP contribution in [0.2, 0.25) is 0 Å². The molecule has 0 heterocycles. The molecule has 94 valence electrons. The number of hydrogen-bond donors (Lipinski definition) is 1. The van der Waals surface area contributed by atoms with Gasteiger partial charge in [0, 0.05) is 23.7 Å². The van der Waals surface area contributed by atoms with Gasteiger partial charge in [-0.1, -0.05) is 12.1 Å². The SMILES string of the molecule is COC1CCC(Nc2ccccc2SC)CC1. The molecule has 1 aliphatic rings. The number of benzene rings is 1. The number of ether oxygens (including phenoxy) is 1. The fourth-order valence-corrected chi connectivity index (χ4v) is 2.99. The van der Waals surface area contributed by atoms with Crippen molar-refractivity contribution in [2.45, 2.75) is 42.7 Å². The predicted molar refractivity (Wildman–Crippen MR) is 74.9 cm³/mol. The zero-order valence-electron chi connectivity index (χ0n) is 10.6. The van der Waals surface area contributed by atoms with Gasteiger partial charge in [0.2, 0.25) is 0 Å². The number of para-hydroxylation sites is 1. The number of thioether (sulfide) groups is 1. The summed E-state index contributed by atoms with van der Waals surface area (Å²) < 4.78 is 5.40. The Bertz CT molecular complexity index is 348. The highest BCUT2D eigenvalue weighted by molar-refractivity contribution is 7.98. The summed E-state index contributed by atoms with van der Waals surface area (Å²) in [7, 11) is 1.82. The molecule has 0 unspecified atom stereocenters. The maximum absolute atomic E-state index is 5.40. The molecule has 1 aromatic carbocycles. The van der Waals surface area contributed by atoms with Gasteiger partial charge in [-0.3, -0.25) is 0 Å². The molecule has 2 nitrogen and oxygen atoms in total. The Morgan fingerprint density at radius 2 is 1.88 bits per heavy atom. The van der Waals surface area contributed by atoms with E-state index < -0.39 is 0 Å². The summed E-state index contributed by atoms with van der Waals surface area (Å²) in [5.41, 5.74) is 1.28. The minimum atomic E-state index is 0.476. The Morgan fingerprint density at radius 3 is 2.53 bits per heavy atom. The largest absolute Gasteiger partial charge is 0.381 e. The summed E-state index contributed by atoms with van der Waals surface area (Å²) in [6.07, 6.45) is 7.37. The van der Waals surface area contributed by atoms with E-state index in [9.17, 15) is 0 Å². The van der Waals surface area contributed by atoms with Crippen molar-refractivity contribution in [3.05, 3.63) is 24.3 Å². The van der Waals surface area contributed by atoms with Crippen molar-refractivity contribution in [2.75, 3.05) is 18.7 Å². The van der Waals surface area contributed by atoms with Crippen LogP contribution in [0, 0.1) is 0 Å². The van der Waals surface area contributed by atoms with E-state index in [0.717, 1.165) is 0 Å². The molecule has 2 rings (SSSR count). The highest BCUT2D eigenvalue weighted by Gasteiger charge is 2.20. The van der Waals surface area contributed by atoms with Crippen LogP contribution in [0.3, 0.4) is 0 Å². The molecule has 1 saturated carbocycles. The zero-order valence-corrected chi connectivity index (χ0v) is 11.4. The monoisotopic (exact) mass is 251 g/mol. The minimum absolute atomic E-state index is 0.476. The minimum Gasteiger partial charge on any atom is -0.381 e.